The molecule has 0 aliphatic heterocycles. The molecule has 1 saturated carbocycles. The topological polar surface area (TPSA) is 62.5 Å². The predicted molar refractivity (Wildman–Crippen MR) is 87.5 cm³/mol. The van der Waals surface area contributed by atoms with Crippen LogP contribution in [0.25, 0.3) is 5.69 Å². The maximum absolute atomic E-state index is 12.1. The molecule has 3 aliphatic rings. The summed E-state index contributed by atoms with van der Waals surface area (Å²) in [5, 5.41) is 21.4. The quantitative estimate of drug-likeness (QED) is 0.883. The van der Waals surface area contributed by atoms with Gasteiger partial charge >= 0.3 is 0 Å². The lowest BCUT2D eigenvalue weighted by Gasteiger charge is -2.34. The highest BCUT2D eigenvalue weighted by molar-refractivity contribution is 5.91. The number of carbonyl (C=O) groups is 1. The number of hydrogen-bond donors (Lipinski definition) is 2. The first-order valence-electron chi connectivity index (χ1n) is 8.28. The highest BCUT2D eigenvalue weighted by Crippen LogP contribution is 2.55. The number of aromatic nitrogens is 1. The summed E-state index contributed by atoms with van der Waals surface area (Å²) in [4.78, 5) is 12.1. The van der Waals surface area contributed by atoms with E-state index >= 15 is 0 Å². The van der Waals surface area contributed by atoms with Crippen molar-refractivity contribution in [1.82, 2.24) is 4.57 Å². The molecule has 0 unspecified atom stereocenters. The van der Waals surface area contributed by atoms with Crippen molar-refractivity contribution in [2.24, 2.45) is 0 Å². The van der Waals surface area contributed by atoms with Crippen LogP contribution in [-0.2, 0) is 4.79 Å². The lowest BCUT2D eigenvalue weighted by Crippen LogP contribution is -2.28. The van der Waals surface area contributed by atoms with Gasteiger partial charge < -0.3 is 10.2 Å². The fourth-order valence-corrected chi connectivity index (χ4v) is 4.15. The molecule has 2 aromatic rings. The normalized spacial score (nSPS) is 22.7. The summed E-state index contributed by atoms with van der Waals surface area (Å²) in [6, 6.07) is 7.84. The lowest BCUT2D eigenvalue weighted by atomic mass is 9.67. The molecule has 1 heterocycles. The average Bonchev–Trinajstić information content (AvgIpc) is 2.81. The average molecular weight is 311 g/mol. The number of hydrogen-bond acceptors (Lipinski definition) is 3. The van der Waals surface area contributed by atoms with Gasteiger partial charge in [0.05, 0.1) is 5.69 Å². The third-order valence-corrected chi connectivity index (χ3v) is 5.41. The summed E-state index contributed by atoms with van der Waals surface area (Å²) in [5.74, 6) is 0.533. The van der Waals surface area contributed by atoms with Crippen molar-refractivity contribution >= 4 is 5.78 Å². The van der Waals surface area contributed by atoms with E-state index < -0.39 is 0 Å². The van der Waals surface area contributed by atoms with Crippen molar-refractivity contribution in [2.75, 3.05) is 0 Å². The zero-order valence-corrected chi connectivity index (χ0v) is 13.4. The van der Waals surface area contributed by atoms with Crippen LogP contribution >= 0.6 is 0 Å². The van der Waals surface area contributed by atoms with Gasteiger partial charge in [0.15, 0.2) is 0 Å². The van der Waals surface area contributed by atoms with Crippen molar-refractivity contribution in [3.05, 3.63) is 41.0 Å². The minimum Gasteiger partial charge on any atom is -0.494 e. The summed E-state index contributed by atoms with van der Waals surface area (Å²) < 4.78 is 1.48. The van der Waals surface area contributed by atoms with Gasteiger partial charge in [0, 0.05) is 23.5 Å². The Bertz CT molecular complexity index is 786. The molecule has 0 saturated heterocycles. The van der Waals surface area contributed by atoms with Crippen molar-refractivity contribution in [3.63, 3.8) is 0 Å². The molecule has 120 valence electrons. The first-order valence-corrected chi connectivity index (χ1v) is 8.28. The Balaban J connectivity index is 1.87. The minimum absolute atomic E-state index is 0.0255. The molecule has 1 aromatic carbocycles. The van der Waals surface area contributed by atoms with Crippen LogP contribution in [0, 0.1) is 0 Å². The van der Waals surface area contributed by atoms with Crippen LogP contribution < -0.4 is 0 Å². The minimum atomic E-state index is -0.253. The second-order valence-electron chi connectivity index (χ2n) is 7.05. The van der Waals surface area contributed by atoms with Gasteiger partial charge in [-0.25, -0.2) is 0 Å². The van der Waals surface area contributed by atoms with Gasteiger partial charge in [-0.3, -0.25) is 9.36 Å². The van der Waals surface area contributed by atoms with Gasteiger partial charge in [-0.15, -0.1) is 0 Å². The van der Waals surface area contributed by atoms with Crippen LogP contribution in [0.3, 0.4) is 0 Å². The lowest BCUT2D eigenvalue weighted by molar-refractivity contribution is -0.123. The molecule has 4 nitrogen and oxygen atoms in total. The molecule has 1 fully saturated rings. The SMILES string of the molecule is CC(C)c1ccc(-n2c(O)c3c(c2O)[C@@H]2CC[C@H]3CC2=O)cc1. The number of ketones is 1. The molecule has 2 N–H and O–H groups in total. The van der Waals surface area contributed by atoms with Gasteiger partial charge in [-0.1, -0.05) is 26.0 Å². The molecule has 3 aliphatic carbocycles. The summed E-state index contributed by atoms with van der Waals surface area (Å²) >= 11 is 0. The second-order valence-corrected chi connectivity index (χ2v) is 7.05. The molecule has 5 rings (SSSR count). The summed E-state index contributed by atoms with van der Waals surface area (Å²) in [6.45, 7) is 4.25. The van der Waals surface area contributed by atoms with Gasteiger partial charge in [0.25, 0.3) is 0 Å². The van der Waals surface area contributed by atoms with Crippen LogP contribution in [-0.4, -0.2) is 20.6 Å². The Labute approximate surface area is 135 Å². The summed E-state index contributed by atoms with van der Waals surface area (Å²) in [7, 11) is 0. The Morgan fingerprint density at radius 3 is 2.30 bits per heavy atom. The molecular weight excluding hydrogens is 290 g/mol. The van der Waals surface area contributed by atoms with E-state index in [0.29, 0.717) is 17.9 Å². The summed E-state index contributed by atoms with van der Waals surface area (Å²) in [6.07, 6.45) is 2.17. The van der Waals surface area contributed by atoms with E-state index in [4.69, 9.17) is 0 Å². The molecule has 2 atom stereocenters. The molecule has 2 bridgehead atoms. The monoisotopic (exact) mass is 311 g/mol. The molecular formula is C19H21NO3. The van der Waals surface area contributed by atoms with E-state index in [0.717, 1.165) is 24.1 Å². The molecule has 0 spiro atoms. The number of aromatic hydroxyl groups is 2. The van der Waals surface area contributed by atoms with E-state index in [1.54, 1.807) is 0 Å². The van der Waals surface area contributed by atoms with Gasteiger partial charge in [-0.05, 0) is 42.4 Å². The Morgan fingerprint density at radius 2 is 1.70 bits per heavy atom. The molecule has 4 heteroatoms. The highest BCUT2D eigenvalue weighted by atomic mass is 16.3. The number of rotatable bonds is 2. The van der Waals surface area contributed by atoms with Crippen molar-refractivity contribution in [1.29, 1.82) is 0 Å². The smallest absolute Gasteiger partial charge is 0.202 e. The first-order chi connectivity index (χ1) is 11.0. The maximum atomic E-state index is 12.1. The number of carbonyl (C=O) groups excluding carboxylic acids is 1. The van der Waals surface area contributed by atoms with Crippen LogP contribution in [0.4, 0.5) is 0 Å². The Hall–Kier alpha value is -2.23. The number of benzene rings is 1. The second kappa shape index (κ2) is 4.88. The first kappa shape index (κ1) is 14.4. The van der Waals surface area contributed by atoms with Crippen LogP contribution in [0.5, 0.6) is 11.8 Å². The van der Waals surface area contributed by atoms with Crippen molar-refractivity contribution in [2.45, 2.75) is 50.9 Å². The van der Waals surface area contributed by atoms with Gasteiger partial charge in [-0.2, -0.15) is 0 Å². The predicted octanol–water partition coefficient (Wildman–Crippen LogP) is 3.95. The van der Waals surface area contributed by atoms with Gasteiger partial charge in [0.1, 0.15) is 5.78 Å². The molecule has 0 radical (unpaired) electrons. The van der Waals surface area contributed by atoms with E-state index in [2.05, 4.69) is 13.8 Å². The fourth-order valence-electron chi connectivity index (χ4n) is 4.15. The van der Waals surface area contributed by atoms with E-state index in [-0.39, 0.29) is 29.4 Å². The number of Topliss-reactive ketones (excluding diaryl/α,β-unsaturated/α-hetero) is 1. The van der Waals surface area contributed by atoms with Crippen LogP contribution in [0.2, 0.25) is 0 Å². The fraction of sp³-hybridized carbons (Fsp3) is 0.421. The third-order valence-electron chi connectivity index (χ3n) is 5.41. The number of fused-ring (bicyclic) bond motifs is 2. The molecule has 23 heavy (non-hydrogen) atoms. The van der Waals surface area contributed by atoms with Crippen molar-refractivity contribution < 1.29 is 15.0 Å². The van der Waals surface area contributed by atoms with Gasteiger partial charge in [0.2, 0.25) is 11.8 Å². The van der Waals surface area contributed by atoms with Crippen LogP contribution in [0.1, 0.15) is 67.6 Å². The standard InChI is InChI=1S/C19H21NO3/c1-10(2)11-3-6-13(7-4-11)20-18(22)16-12-5-8-14(15(21)9-12)17(16)19(20)23/h3-4,6-7,10,12,14,22-23H,5,8-9H2,1-2H3/t12-,14+/m0/s1. The van der Waals surface area contributed by atoms with E-state index in [1.165, 1.54) is 10.1 Å². The zero-order valence-electron chi connectivity index (χ0n) is 13.4. The Morgan fingerprint density at radius 1 is 1.04 bits per heavy atom. The van der Waals surface area contributed by atoms with Crippen LogP contribution in [0.15, 0.2) is 24.3 Å². The van der Waals surface area contributed by atoms with E-state index in [1.807, 2.05) is 24.3 Å². The van der Waals surface area contributed by atoms with E-state index in [9.17, 15) is 15.0 Å². The maximum Gasteiger partial charge on any atom is 0.202 e. The Kier molecular flexibility index (Phi) is 3.05. The van der Waals surface area contributed by atoms with Crippen molar-refractivity contribution in [3.8, 4) is 17.4 Å². The summed E-state index contributed by atoms with van der Waals surface area (Å²) in [5.41, 5.74) is 3.37. The molecule has 1 aromatic heterocycles. The molecule has 0 amide bonds. The highest BCUT2D eigenvalue weighted by Gasteiger charge is 2.45. The largest absolute Gasteiger partial charge is 0.494 e. The zero-order chi connectivity index (χ0) is 16.3. The number of nitrogens with zero attached hydrogens (tertiary/aromatic N) is 1. The third kappa shape index (κ3) is 1.94.